The molecule has 0 saturated carbocycles. The van der Waals surface area contributed by atoms with Crippen molar-refractivity contribution in [1.29, 1.82) is 0 Å². The van der Waals surface area contributed by atoms with Gasteiger partial charge in [-0.05, 0) is 25.5 Å². The first-order valence-corrected chi connectivity index (χ1v) is 8.36. The molecule has 2 rings (SSSR count). The third-order valence-electron chi connectivity index (χ3n) is 4.02. The van der Waals surface area contributed by atoms with Gasteiger partial charge in [0.05, 0.1) is 0 Å². The number of anilines is 1. The number of benzene rings is 1. The fraction of sp³-hybridized carbons (Fsp3) is 0.588. The second-order valence-corrected chi connectivity index (χ2v) is 6.00. The molecule has 23 heavy (non-hydrogen) atoms. The van der Waals surface area contributed by atoms with Crippen molar-refractivity contribution < 1.29 is 9.90 Å². The summed E-state index contributed by atoms with van der Waals surface area (Å²) in [6.45, 7) is 7.52. The number of carbonyl (C=O) groups excluding carboxylic acids is 1. The number of hydrogen-bond acceptors (Lipinski definition) is 4. The van der Waals surface area contributed by atoms with Crippen LogP contribution in [0.3, 0.4) is 0 Å². The molecule has 1 aromatic rings. The molecule has 6 nitrogen and oxygen atoms in total. The van der Waals surface area contributed by atoms with Crippen LogP contribution in [-0.4, -0.2) is 68.0 Å². The van der Waals surface area contributed by atoms with Crippen LogP contribution in [0.15, 0.2) is 30.3 Å². The lowest BCUT2D eigenvalue weighted by atomic mass is 10.2. The third kappa shape index (κ3) is 6.08. The van der Waals surface area contributed by atoms with Gasteiger partial charge in [0.2, 0.25) is 0 Å². The Balaban J connectivity index is 1.66. The quantitative estimate of drug-likeness (QED) is 0.653. The van der Waals surface area contributed by atoms with Crippen LogP contribution in [0, 0.1) is 0 Å². The van der Waals surface area contributed by atoms with Gasteiger partial charge in [-0.3, -0.25) is 4.90 Å². The lowest BCUT2D eigenvalue weighted by Gasteiger charge is -2.37. The van der Waals surface area contributed by atoms with Crippen LogP contribution in [0.4, 0.5) is 10.5 Å². The average molecular weight is 320 g/mol. The normalized spacial score (nSPS) is 16.9. The molecule has 128 valence electrons. The average Bonchev–Trinajstić information content (AvgIpc) is 2.56. The first kappa shape index (κ1) is 17.6. The van der Waals surface area contributed by atoms with Gasteiger partial charge < -0.3 is 20.6 Å². The highest BCUT2D eigenvalue weighted by Crippen LogP contribution is 2.15. The maximum absolute atomic E-state index is 11.7. The number of amides is 2. The van der Waals surface area contributed by atoms with Gasteiger partial charge in [-0.2, -0.15) is 0 Å². The van der Waals surface area contributed by atoms with Gasteiger partial charge in [0, 0.05) is 57.6 Å². The molecule has 0 aromatic heterocycles. The van der Waals surface area contributed by atoms with Gasteiger partial charge in [0.1, 0.15) is 0 Å². The van der Waals surface area contributed by atoms with Crippen LogP contribution >= 0.6 is 0 Å². The van der Waals surface area contributed by atoms with Gasteiger partial charge >= 0.3 is 6.03 Å². The summed E-state index contributed by atoms with van der Waals surface area (Å²) in [7, 11) is 0. The smallest absolute Gasteiger partial charge is 0.315 e. The lowest BCUT2D eigenvalue weighted by Crippen LogP contribution is -2.52. The lowest BCUT2D eigenvalue weighted by molar-refractivity contribution is 0.216. The van der Waals surface area contributed by atoms with Gasteiger partial charge in [-0.1, -0.05) is 18.2 Å². The molecule has 1 fully saturated rings. The maximum Gasteiger partial charge on any atom is 0.315 e. The van der Waals surface area contributed by atoms with E-state index in [4.69, 9.17) is 5.11 Å². The summed E-state index contributed by atoms with van der Waals surface area (Å²) in [6, 6.07) is 10.4. The molecule has 1 unspecified atom stereocenters. The molecule has 6 heteroatoms. The molecule has 1 aromatic carbocycles. The van der Waals surface area contributed by atoms with Gasteiger partial charge in [-0.25, -0.2) is 4.79 Å². The van der Waals surface area contributed by atoms with E-state index in [1.54, 1.807) is 0 Å². The van der Waals surface area contributed by atoms with E-state index in [-0.39, 0.29) is 18.7 Å². The summed E-state index contributed by atoms with van der Waals surface area (Å²) >= 11 is 0. The van der Waals surface area contributed by atoms with E-state index in [2.05, 4.69) is 44.7 Å². The van der Waals surface area contributed by atoms with E-state index < -0.39 is 0 Å². The summed E-state index contributed by atoms with van der Waals surface area (Å²) in [5, 5.41) is 14.4. The maximum atomic E-state index is 11.7. The Hall–Kier alpha value is -1.79. The zero-order chi connectivity index (χ0) is 16.5. The van der Waals surface area contributed by atoms with Crippen molar-refractivity contribution in [2.75, 3.05) is 50.8 Å². The van der Waals surface area contributed by atoms with Crippen LogP contribution < -0.4 is 15.5 Å². The second-order valence-electron chi connectivity index (χ2n) is 6.00. The zero-order valence-corrected chi connectivity index (χ0v) is 13.9. The minimum absolute atomic E-state index is 0.0987. The number of rotatable bonds is 7. The molecule has 0 spiro atoms. The standard InChI is InChI=1S/C17H28N4O2/c1-15(19-17(23)18-8-5-13-22)14-20-9-11-21(12-10-20)16-6-3-2-4-7-16/h2-4,6-7,15,22H,5,8-14H2,1H3,(H2,18,19,23). The summed E-state index contributed by atoms with van der Waals surface area (Å²) in [4.78, 5) is 16.5. The van der Waals surface area contributed by atoms with Gasteiger partial charge in [0.25, 0.3) is 0 Å². The SMILES string of the molecule is CC(CN1CCN(c2ccccc2)CC1)NC(=O)NCCCO. The Labute approximate surface area is 138 Å². The Morgan fingerprint density at radius 1 is 1.22 bits per heavy atom. The van der Waals surface area contributed by atoms with E-state index in [9.17, 15) is 4.79 Å². The van der Waals surface area contributed by atoms with Crippen molar-refractivity contribution in [3.63, 3.8) is 0 Å². The Kier molecular flexibility index (Phi) is 7.16. The van der Waals surface area contributed by atoms with Crippen LogP contribution in [0.25, 0.3) is 0 Å². The largest absolute Gasteiger partial charge is 0.396 e. The summed E-state index contributed by atoms with van der Waals surface area (Å²) in [5.74, 6) is 0. The molecular formula is C17H28N4O2. The third-order valence-corrected chi connectivity index (χ3v) is 4.02. The van der Waals surface area contributed by atoms with Crippen molar-refractivity contribution in [1.82, 2.24) is 15.5 Å². The van der Waals surface area contributed by atoms with Crippen LogP contribution in [-0.2, 0) is 0 Å². The Morgan fingerprint density at radius 2 is 1.91 bits per heavy atom. The number of piperazine rings is 1. The van der Waals surface area contributed by atoms with Crippen LogP contribution in [0.2, 0.25) is 0 Å². The molecular weight excluding hydrogens is 292 g/mol. The fourth-order valence-corrected chi connectivity index (χ4v) is 2.82. The summed E-state index contributed by atoms with van der Waals surface area (Å²) in [5.41, 5.74) is 1.28. The van der Waals surface area contributed by atoms with Gasteiger partial charge in [0.15, 0.2) is 0 Å². The number of aliphatic hydroxyl groups excluding tert-OH is 1. The molecule has 1 saturated heterocycles. The van der Waals surface area contributed by atoms with E-state index in [0.717, 1.165) is 32.7 Å². The minimum Gasteiger partial charge on any atom is -0.396 e. The van der Waals surface area contributed by atoms with Crippen LogP contribution in [0.1, 0.15) is 13.3 Å². The number of nitrogens with one attached hydrogen (secondary N) is 2. The Bertz CT molecular complexity index is 461. The Morgan fingerprint density at radius 3 is 2.57 bits per heavy atom. The van der Waals surface area contributed by atoms with E-state index in [0.29, 0.717) is 13.0 Å². The summed E-state index contributed by atoms with van der Waals surface area (Å²) in [6.07, 6.45) is 0.587. The molecule has 0 bridgehead atoms. The van der Waals surface area contributed by atoms with Gasteiger partial charge in [-0.15, -0.1) is 0 Å². The molecule has 3 N–H and O–H groups in total. The van der Waals surface area contributed by atoms with Crippen molar-refractivity contribution >= 4 is 11.7 Å². The van der Waals surface area contributed by atoms with Crippen molar-refractivity contribution in [2.24, 2.45) is 0 Å². The number of hydrogen-bond donors (Lipinski definition) is 3. The molecule has 2 amide bonds. The second kappa shape index (κ2) is 9.37. The zero-order valence-electron chi connectivity index (χ0n) is 13.9. The predicted octanol–water partition coefficient (Wildman–Crippen LogP) is 0.879. The molecule has 1 heterocycles. The molecule has 1 aliphatic rings. The molecule has 0 aliphatic carbocycles. The van der Waals surface area contributed by atoms with Crippen molar-refractivity contribution in [3.05, 3.63) is 30.3 Å². The minimum atomic E-state index is -0.158. The fourth-order valence-electron chi connectivity index (χ4n) is 2.82. The first-order valence-electron chi connectivity index (χ1n) is 8.36. The van der Waals surface area contributed by atoms with Crippen molar-refractivity contribution in [3.8, 4) is 0 Å². The monoisotopic (exact) mass is 320 g/mol. The number of carbonyl (C=O) groups is 1. The highest BCUT2D eigenvalue weighted by atomic mass is 16.3. The number of urea groups is 1. The predicted molar refractivity (Wildman–Crippen MR) is 92.8 cm³/mol. The number of aliphatic hydroxyl groups is 1. The highest BCUT2D eigenvalue weighted by Gasteiger charge is 2.19. The molecule has 0 radical (unpaired) electrons. The van der Waals surface area contributed by atoms with Crippen molar-refractivity contribution in [2.45, 2.75) is 19.4 Å². The first-order chi connectivity index (χ1) is 11.2. The molecule has 1 atom stereocenters. The highest BCUT2D eigenvalue weighted by molar-refractivity contribution is 5.74. The molecule has 1 aliphatic heterocycles. The van der Waals surface area contributed by atoms with E-state index in [1.165, 1.54) is 5.69 Å². The van der Waals surface area contributed by atoms with Crippen LogP contribution in [0.5, 0.6) is 0 Å². The topological polar surface area (TPSA) is 67.8 Å². The van der Waals surface area contributed by atoms with E-state index >= 15 is 0 Å². The number of para-hydroxylation sites is 1. The number of nitrogens with zero attached hydrogens (tertiary/aromatic N) is 2. The summed E-state index contributed by atoms with van der Waals surface area (Å²) < 4.78 is 0. The van der Waals surface area contributed by atoms with E-state index in [1.807, 2.05) is 13.0 Å².